The van der Waals surface area contributed by atoms with Crippen LogP contribution in [0.1, 0.15) is 48.1 Å². The van der Waals surface area contributed by atoms with Crippen LogP contribution >= 0.6 is 0 Å². The number of amides is 1. The number of hydrogen-bond acceptors (Lipinski definition) is 5. The maximum atomic E-state index is 13.6. The van der Waals surface area contributed by atoms with E-state index in [-0.39, 0.29) is 29.6 Å². The highest BCUT2D eigenvalue weighted by Gasteiger charge is 2.37. The Balaban J connectivity index is 1.55. The van der Waals surface area contributed by atoms with E-state index >= 15 is 0 Å². The first-order valence-electron chi connectivity index (χ1n) is 10.2. The molecule has 1 unspecified atom stereocenters. The monoisotopic (exact) mass is 408 g/mol. The van der Waals surface area contributed by atoms with Gasteiger partial charge in [0.1, 0.15) is 17.1 Å². The van der Waals surface area contributed by atoms with Crippen molar-refractivity contribution in [2.24, 2.45) is 0 Å². The fourth-order valence-electron chi connectivity index (χ4n) is 4.32. The van der Waals surface area contributed by atoms with Crippen molar-refractivity contribution in [3.8, 4) is 5.75 Å². The second-order valence-corrected chi connectivity index (χ2v) is 7.81. The molecule has 0 N–H and O–H groups in total. The Bertz CT molecular complexity index is 1210. The number of aromatic nitrogens is 3. The van der Waals surface area contributed by atoms with E-state index < -0.39 is 0 Å². The lowest BCUT2D eigenvalue weighted by Crippen LogP contribution is -2.43. The van der Waals surface area contributed by atoms with Crippen molar-refractivity contribution in [1.82, 2.24) is 19.9 Å². The van der Waals surface area contributed by atoms with Gasteiger partial charge in [-0.1, -0.05) is 24.3 Å². The fourth-order valence-corrected chi connectivity index (χ4v) is 4.32. The molecule has 3 aromatic rings. The molecule has 3 heterocycles. The van der Waals surface area contributed by atoms with Gasteiger partial charge in [0.15, 0.2) is 6.23 Å². The minimum absolute atomic E-state index is 0.0934. The molecule has 2 atom stereocenters. The molecule has 1 saturated heterocycles. The number of benzene rings is 2. The van der Waals surface area contributed by atoms with Crippen LogP contribution in [-0.4, -0.2) is 38.6 Å². The molecule has 0 bridgehead atoms. The first-order chi connectivity index (χ1) is 14.5. The highest BCUT2D eigenvalue weighted by atomic mass is 19.1. The molecule has 2 aliphatic rings. The second-order valence-electron chi connectivity index (χ2n) is 7.81. The molecule has 5 rings (SSSR count). The van der Waals surface area contributed by atoms with Crippen LogP contribution in [0.3, 0.4) is 0 Å². The van der Waals surface area contributed by atoms with Crippen molar-refractivity contribution < 1.29 is 13.9 Å². The van der Waals surface area contributed by atoms with Crippen molar-refractivity contribution >= 4 is 16.8 Å². The van der Waals surface area contributed by atoms with Crippen LogP contribution in [0.2, 0.25) is 0 Å². The number of halogens is 1. The Morgan fingerprint density at radius 3 is 2.93 bits per heavy atom. The van der Waals surface area contributed by atoms with E-state index in [1.54, 1.807) is 23.1 Å². The van der Waals surface area contributed by atoms with Gasteiger partial charge in [-0.25, -0.2) is 9.07 Å². The van der Waals surface area contributed by atoms with Crippen molar-refractivity contribution in [3.63, 3.8) is 0 Å². The van der Waals surface area contributed by atoms with E-state index in [2.05, 4.69) is 10.3 Å². The lowest BCUT2D eigenvalue weighted by molar-refractivity contribution is 0.0295. The van der Waals surface area contributed by atoms with E-state index in [0.717, 1.165) is 18.4 Å². The van der Waals surface area contributed by atoms with Gasteiger partial charge in [0.2, 0.25) is 0 Å². The van der Waals surface area contributed by atoms with Gasteiger partial charge in [0.25, 0.3) is 11.5 Å². The zero-order valence-corrected chi connectivity index (χ0v) is 16.5. The van der Waals surface area contributed by atoms with Crippen LogP contribution in [0.4, 0.5) is 4.39 Å². The highest BCUT2D eigenvalue weighted by Crippen LogP contribution is 2.34. The summed E-state index contributed by atoms with van der Waals surface area (Å²) in [5.74, 6) is 0.0170. The SMILES string of the molecule is CC[C@H](Cc1cccc(F)c1)n1nnc2cc3c(cc2c1=O)OC1CCCN1C3=O. The van der Waals surface area contributed by atoms with Crippen molar-refractivity contribution in [3.05, 3.63) is 63.7 Å². The first-order valence-corrected chi connectivity index (χ1v) is 10.2. The smallest absolute Gasteiger partial charge is 0.278 e. The van der Waals surface area contributed by atoms with Crippen LogP contribution in [0.15, 0.2) is 41.2 Å². The zero-order valence-electron chi connectivity index (χ0n) is 16.5. The summed E-state index contributed by atoms with van der Waals surface area (Å²) >= 11 is 0. The number of fused-ring (bicyclic) bond motifs is 3. The third-order valence-electron chi connectivity index (χ3n) is 5.91. The maximum Gasteiger partial charge on any atom is 0.278 e. The van der Waals surface area contributed by atoms with E-state index in [1.807, 2.05) is 13.0 Å². The van der Waals surface area contributed by atoms with Gasteiger partial charge in [-0.15, -0.1) is 5.10 Å². The number of nitrogens with zero attached hydrogens (tertiary/aromatic N) is 4. The summed E-state index contributed by atoms with van der Waals surface area (Å²) in [5, 5.41) is 8.70. The maximum absolute atomic E-state index is 13.6. The Morgan fingerprint density at radius 2 is 2.13 bits per heavy atom. The predicted molar refractivity (Wildman–Crippen MR) is 108 cm³/mol. The van der Waals surface area contributed by atoms with Gasteiger partial charge in [-0.2, -0.15) is 0 Å². The van der Waals surface area contributed by atoms with Gasteiger partial charge in [-0.3, -0.25) is 9.59 Å². The summed E-state index contributed by atoms with van der Waals surface area (Å²) in [6.07, 6.45) is 2.51. The molecule has 30 heavy (non-hydrogen) atoms. The molecule has 8 heteroatoms. The largest absolute Gasteiger partial charge is 0.470 e. The van der Waals surface area contributed by atoms with E-state index in [1.165, 1.54) is 16.8 Å². The number of hydrogen-bond donors (Lipinski definition) is 0. The fraction of sp³-hybridized carbons (Fsp3) is 0.364. The van der Waals surface area contributed by atoms with Crippen molar-refractivity contribution in [2.75, 3.05) is 6.54 Å². The topological polar surface area (TPSA) is 77.3 Å². The Morgan fingerprint density at radius 1 is 1.27 bits per heavy atom. The van der Waals surface area contributed by atoms with E-state index in [9.17, 15) is 14.0 Å². The average Bonchev–Trinajstić information content (AvgIpc) is 3.21. The summed E-state index contributed by atoms with van der Waals surface area (Å²) in [4.78, 5) is 27.7. The summed E-state index contributed by atoms with van der Waals surface area (Å²) in [5.41, 5.74) is 1.27. The average molecular weight is 408 g/mol. The van der Waals surface area contributed by atoms with Crippen molar-refractivity contribution in [2.45, 2.75) is 44.9 Å². The van der Waals surface area contributed by atoms with Crippen molar-refractivity contribution in [1.29, 1.82) is 0 Å². The van der Waals surface area contributed by atoms with Gasteiger partial charge in [-0.05, 0) is 49.1 Å². The minimum atomic E-state index is -0.311. The molecule has 0 radical (unpaired) electrons. The Labute approximate surface area is 172 Å². The van der Waals surface area contributed by atoms with E-state index in [4.69, 9.17) is 4.74 Å². The second kappa shape index (κ2) is 7.19. The van der Waals surface area contributed by atoms with Crippen LogP contribution in [0.25, 0.3) is 10.9 Å². The molecule has 1 fully saturated rings. The normalized spacial score (nSPS) is 18.8. The number of ether oxygens (including phenoxy) is 1. The summed E-state index contributed by atoms with van der Waals surface area (Å²) in [6.45, 7) is 2.62. The molecular weight excluding hydrogens is 387 g/mol. The van der Waals surface area contributed by atoms with Gasteiger partial charge >= 0.3 is 0 Å². The summed E-state index contributed by atoms with van der Waals surface area (Å²) in [7, 11) is 0. The Kier molecular flexibility index (Phi) is 4.49. The molecule has 1 amide bonds. The number of rotatable bonds is 4. The molecule has 2 aromatic carbocycles. The van der Waals surface area contributed by atoms with Crippen LogP contribution in [0.5, 0.6) is 5.75 Å². The lowest BCUT2D eigenvalue weighted by Gasteiger charge is -2.31. The predicted octanol–water partition coefficient (Wildman–Crippen LogP) is 3.08. The molecule has 154 valence electrons. The molecule has 1 aromatic heterocycles. The minimum Gasteiger partial charge on any atom is -0.470 e. The molecule has 0 aliphatic carbocycles. The molecule has 7 nitrogen and oxygen atoms in total. The Hall–Kier alpha value is -3.29. The van der Waals surface area contributed by atoms with Gasteiger partial charge in [0, 0.05) is 13.0 Å². The zero-order chi connectivity index (χ0) is 20.8. The molecule has 0 saturated carbocycles. The molecule has 0 spiro atoms. The third kappa shape index (κ3) is 3.03. The number of carbonyl (C=O) groups is 1. The van der Waals surface area contributed by atoms with Crippen LogP contribution < -0.4 is 10.3 Å². The standard InChI is InChI=1S/C22H21FN4O3/c1-2-15(10-13-5-3-6-14(23)9-13)27-22(29)16-12-19-17(11-18(16)24-25-27)21(28)26-8-4-7-20(26)30-19/h3,5-6,9,11-12,15,20H,2,4,7-8,10H2,1H3/t15-,20?/m1/s1. The third-order valence-corrected chi connectivity index (χ3v) is 5.91. The highest BCUT2D eigenvalue weighted by molar-refractivity contribution is 6.01. The quantitative estimate of drug-likeness (QED) is 0.663. The summed E-state index contributed by atoms with van der Waals surface area (Å²) in [6, 6.07) is 9.27. The number of carbonyl (C=O) groups excluding carboxylic acids is 1. The first kappa shape index (κ1) is 18.7. The van der Waals surface area contributed by atoms with Gasteiger partial charge < -0.3 is 9.64 Å². The van der Waals surface area contributed by atoms with E-state index in [0.29, 0.717) is 41.6 Å². The molecular formula is C22H21FN4O3. The molecule has 2 aliphatic heterocycles. The van der Waals surface area contributed by atoms with Crippen LogP contribution in [-0.2, 0) is 6.42 Å². The lowest BCUT2D eigenvalue weighted by atomic mass is 10.0. The summed E-state index contributed by atoms with van der Waals surface area (Å²) < 4.78 is 20.9. The van der Waals surface area contributed by atoms with Gasteiger partial charge in [0.05, 0.1) is 17.0 Å². The van der Waals surface area contributed by atoms with Crippen LogP contribution in [0, 0.1) is 5.82 Å².